The van der Waals surface area contributed by atoms with E-state index in [2.05, 4.69) is 28.9 Å². The number of nitrogens with two attached hydrogens (primary N) is 1. The zero-order valence-electron chi connectivity index (χ0n) is 10.5. The fraction of sp³-hybridized carbons (Fsp3) is 0.571. The second-order valence-corrected chi connectivity index (χ2v) is 5.03. The van der Waals surface area contributed by atoms with Crippen molar-refractivity contribution in [2.75, 3.05) is 13.2 Å². The summed E-state index contributed by atoms with van der Waals surface area (Å²) in [5, 5.41) is 0. The van der Waals surface area contributed by atoms with Gasteiger partial charge in [-0.25, -0.2) is 0 Å². The lowest BCUT2D eigenvalue weighted by Gasteiger charge is -2.17. The molecule has 1 atom stereocenters. The Bertz CT molecular complexity index is 317. The van der Waals surface area contributed by atoms with E-state index in [9.17, 15) is 0 Å². The molecule has 1 aromatic rings. The minimum absolute atomic E-state index is 0.00667. The molecule has 2 N–H and O–H groups in total. The SMILES string of the molecule is CCCCCCOC(CN)c1ccccc1Br. The monoisotopic (exact) mass is 299 g/mol. The molecule has 0 aliphatic rings. The lowest BCUT2D eigenvalue weighted by Crippen LogP contribution is -2.17. The van der Waals surface area contributed by atoms with Crippen molar-refractivity contribution < 1.29 is 4.74 Å². The van der Waals surface area contributed by atoms with Gasteiger partial charge in [0.25, 0.3) is 0 Å². The Kier molecular flexibility index (Phi) is 7.49. The summed E-state index contributed by atoms with van der Waals surface area (Å²) in [6, 6.07) is 8.11. The summed E-state index contributed by atoms with van der Waals surface area (Å²) in [6.07, 6.45) is 4.90. The predicted octanol–water partition coefficient (Wildman–Crippen LogP) is 4.05. The van der Waals surface area contributed by atoms with Gasteiger partial charge in [-0.1, -0.05) is 60.3 Å². The van der Waals surface area contributed by atoms with Crippen LogP contribution in [0.5, 0.6) is 0 Å². The number of hydrogen-bond acceptors (Lipinski definition) is 2. The van der Waals surface area contributed by atoms with Crippen LogP contribution in [0.25, 0.3) is 0 Å². The molecule has 0 aliphatic carbocycles. The summed E-state index contributed by atoms with van der Waals surface area (Å²) < 4.78 is 6.92. The van der Waals surface area contributed by atoms with Gasteiger partial charge in [-0.3, -0.25) is 0 Å². The van der Waals surface area contributed by atoms with E-state index in [-0.39, 0.29) is 6.10 Å². The van der Waals surface area contributed by atoms with Gasteiger partial charge in [0.15, 0.2) is 0 Å². The summed E-state index contributed by atoms with van der Waals surface area (Å²) in [5.74, 6) is 0. The molecular formula is C14H22BrNO. The molecule has 0 saturated heterocycles. The average Bonchev–Trinajstić information content (AvgIpc) is 2.35. The lowest BCUT2D eigenvalue weighted by molar-refractivity contribution is 0.0553. The molecule has 0 fully saturated rings. The Labute approximate surface area is 113 Å². The van der Waals surface area contributed by atoms with Crippen molar-refractivity contribution in [2.45, 2.75) is 38.7 Å². The van der Waals surface area contributed by atoms with Crippen LogP contribution in [0.4, 0.5) is 0 Å². The molecule has 96 valence electrons. The van der Waals surface area contributed by atoms with Crippen LogP contribution in [-0.2, 0) is 4.74 Å². The molecule has 0 saturated carbocycles. The van der Waals surface area contributed by atoms with E-state index < -0.39 is 0 Å². The summed E-state index contributed by atoms with van der Waals surface area (Å²) >= 11 is 3.54. The maximum atomic E-state index is 5.85. The largest absolute Gasteiger partial charge is 0.372 e. The highest BCUT2D eigenvalue weighted by atomic mass is 79.9. The van der Waals surface area contributed by atoms with Crippen molar-refractivity contribution in [1.82, 2.24) is 0 Å². The molecule has 1 unspecified atom stereocenters. The average molecular weight is 300 g/mol. The third-order valence-corrected chi connectivity index (χ3v) is 3.51. The fourth-order valence-corrected chi connectivity index (χ4v) is 2.32. The standard InChI is InChI=1S/C14H22BrNO/c1-2-3-4-7-10-17-14(11-16)12-8-5-6-9-13(12)15/h5-6,8-9,14H,2-4,7,10-11,16H2,1H3. The highest BCUT2D eigenvalue weighted by Crippen LogP contribution is 2.25. The summed E-state index contributed by atoms with van der Waals surface area (Å²) in [6.45, 7) is 3.53. The van der Waals surface area contributed by atoms with Crippen LogP contribution in [-0.4, -0.2) is 13.2 Å². The molecule has 0 aliphatic heterocycles. The minimum Gasteiger partial charge on any atom is -0.372 e. The Morgan fingerprint density at radius 2 is 2.00 bits per heavy atom. The molecule has 1 rings (SSSR count). The van der Waals surface area contributed by atoms with Gasteiger partial charge in [0.2, 0.25) is 0 Å². The first-order chi connectivity index (χ1) is 8.29. The number of halogens is 1. The van der Waals surface area contributed by atoms with E-state index >= 15 is 0 Å². The van der Waals surface area contributed by atoms with E-state index in [1.54, 1.807) is 0 Å². The fourth-order valence-electron chi connectivity index (χ4n) is 1.78. The van der Waals surface area contributed by atoms with Gasteiger partial charge in [-0.2, -0.15) is 0 Å². The first kappa shape index (κ1) is 14.7. The Morgan fingerprint density at radius 1 is 1.24 bits per heavy atom. The van der Waals surface area contributed by atoms with E-state index in [0.717, 1.165) is 23.1 Å². The van der Waals surface area contributed by atoms with Gasteiger partial charge in [0, 0.05) is 17.6 Å². The third-order valence-electron chi connectivity index (χ3n) is 2.78. The minimum atomic E-state index is 0.00667. The van der Waals surface area contributed by atoms with Crippen molar-refractivity contribution >= 4 is 15.9 Å². The molecule has 3 heteroatoms. The van der Waals surface area contributed by atoms with Gasteiger partial charge in [0.05, 0.1) is 6.10 Å². The van der Waals surface area contributed by atoms with Crippen LogP contribution in [0.2, 0.25) is 0 Å². The van der Waals surface area contributed by atoms with Crippen molar-refractivity contribution in [3.63, 3.8) is 0 Å². The first-order valence-corrected chi connectivity index (χ1v) is 7.15. The zero-order chi connectivity index (χ0) is 12.5. The zero-order valence-corrected chi connectivity index (χ0v) is 12.1. The summed E-state index contributed by atoms with van der Waals surface area (Å²) in [7, 11) is 0. The van der Waals surface area contributed by atoms with E-state index in [1.165, 1.54) is 19.3 Å². The number of hydrogen-bond donors (Lipinski definition) is 1. The molecule has 0 radical (unpaired) electrons. The molecule has 1 aromatic carbocycles. The first-order valence-electron chi connectivity index (χ1n) is 6.35. The van der Waals surface area contributed by atoms with E-state index in [1.807, 2.05) is 18.2 Å². The molecule has 0 heterocycles. The second-order valence-electron chi connectivity index (χ2n) is 4.18. The molecule has 17 heavy (non-hydrogen) atoms. The molecular weight excluding hydrogens is 278 g/mol. The number of rotatable bonds is 8. The van der Waals surface area contributed by atoms with Gasteiger partial charge in [-0.15, -0.1) is 0 Å². The highest BCUT2D eigenvalue weighted by molar-refractivity contribution is 9.10. The summed E-state index contributed by atoms with van der Waals surface area (Å²) in [4.78, 5) is 0. The van der Waals surface area contributed by atoms with Crippen molar-refractivity contribution in [3.05, 3.63) is 34.3 Å². The highest BCUT2D eigenvalue weighted by Gasteiger charge is 2.12. The lowest BCUT2D eigenvalue weighted by atomic mass is 10.1. The molecule has 2 nitrogen and oxygen atoms in total. The van der Waals surface area contributed by atoms with E-state index in [4.69, 9.17) is 10.5 Å². The molecule has 0 aromatic heterocycles. The van der Waals surface area contributed by atoms with Crippen LogP contribution >= 0.6 is 15.9 Å². The van der Waals surface area contributed by atoms with E-state index in [0.29, 0.717) is 6.54 Å². The van der Waals surface area contributed by atoms with Crippen LogP contribution in [0, 0.1) is 0 Å². The van der Waals surface area contributed by atoms with Crippen LogP contribution < -0.4 is 5.73 Å². The quantitative estimate of drug-likeness (QED) is 0.735. The Morgan fingerprint density at radius 3 is 2.65 bits per heavy atom. The smallest absolute Gasteiger partial charge is 0.0957 e. The van der Waals surface area contributed by atoms with Crippen molar-refractivity contribution in [3.8, 4) is 0 Å². The van der Waals surface area contributed by atoms with Crippen molar-refractivity contribution in [1.29, 1.82) is 0 Å². The summed E-state index contributed by atoms with van der Waals surface area (Å²) in [5.41, 5.74) is 6.91. The number of benzene rings is 1. The van der Waals surface area contributed by atoms with Gasteiger partial charge in [0.1, 0.15) is 0 Å². The Balaban J connectivity index is 2.41. The Hall–Kier alpha value is -0.380. The third kappa shape index (κ3) is 5.19. The molecule has 0 spiro atoms. The van der Waals surface area contributed by atoms with Gasteiger partial charge < -0.3 is 10.5 Å². The molecule has 0 bridgehead atoms. The van der Waals surface area contributed by atoms with Crippen LogP contribution in [0.15, 0.2) is 28.7 Å². The van der Waals surface area contributed by atoms with Crippen molar-refractivity contribution in [2.24, 2.45) is 5.73 Å². The van der Waals surface area contributed by atoms with Crippen LogP contribution in [0.3, 0.4) is 0 Å². The number of ether oxygens (including phenoxy) is 1. The second kappa shape index (κ2) is 8.67. The molecule has 0 amide bonds. The maximum Gasteiger partial charge on any atom is 0.0957 e. The maximum absolute atomic E-state index is 5.85. The predicted molar refractivity (Wildman–Crippen MR) is 76.0 cm³/mol. The normalized spacial score (nSPS) is 12.6. The van der Waals surface area contributed by atoms with Gasteiger partial charge >= 0.3 is 0 Å². The topological polar surface area (TPSA) is 35.2 Å². The van der Waals surface area contributed by atoms with Gasteiger partial charge in [-0.05, 0) is 18.1 Å². The van der Waals surface area contributed by atoms with Crippen LogP contribution in [0.1, 0.15) is 44.3 Å². The number of unbranched alkanes of at least 4 members (excludes halogenated alkanes) is 3.